The Hall–Kier alpha value is -3.22. The van der Waals surface area contributed by atoms with E-state index in [0.717, 1.165) is 42.4 Å². The molecule has 1 amide bonds. The lowest BCUT2D eigenvalue weighted by Gasteiger charge is -2.39. The van der Waals surface area contributed by atoms with E-state index < -0.39 is 5.41 Å². The standard InChI is InChI=1S/C26H31NO6/c1-5-16(2)33-25(29)26(11-6-12-26)15-32-22-19(9-10-21(30-3)23(22)31-4)17-7-8-20-18(13-17)14-27-24(20)28/h7-10,13,16H,5-6,11-12,14-15H2,1-4H3,(H,27,28)/t16-/m0/s1. The van der Waals surface area contributed by atoms with Crippen LogP contribution in [0.4, 0.5) is 0 Å². The summed E-state index contributed by atoms with van der Waals surface area (Å²) in [6.07, 6.45) is 3.08. The molecule has 1 fully saturated rings. The number of carbonyl (C=O) groups is 2. The molecule has 1 aliphatic carbocycles. The van der Waals surface area contributed by atoms with Crippen LogP contribution in [0.3, 0.4) is 0 Å². The van der Waals surface area contributed by atoms with E-state index in [1.807, 2.05) is 44.2 Å². The first-order valence-corrected chi connectivity index (χ1v) is 11.4. The maximum Gasteiger partial charge on any atom is 0.315 e. The van der Waals surface area contributed by atoms with Gasteiger partial charge in [-0.2, -0.15) is 0 Å². The van der Waals surface area contributed by atoms with E-state index >= 15 is 0 Å². The third-order valence-corrected chi connectivity index (χ3v) is 6.72. The zero-order valence-corrected chi connectivity index (χ0v) is 19.7. The van der Waals surface area contributed by atoms with Crippen molar-refractivity contribution in [2.24, 2.45) is 5.41 Å². The van der Waals surface area contributed by atoms with E-state index in [-0.39, 0.29) is 24.6 Å². The smallest absolute Gasteiger partial charge is 0.315 e. The normalized spacial score (nSPS) is 16.8. The number of methoxy groups -OCH3 is 2. The van der Waals surface area contributed by atoms with Crippen molar-refractivity contribution in [3.8, 4) is 28.4 Å². The van der Waals surface area contributed by atoms with Gasteiger partial charge in [-0.25, -0.2) is 0 Å². The maximum atomic E-state index is 12.9. The number of fused-ring (bicyclic) bond motifs is 1. The van der Waals surface area contributed by atoms with Gasteiger partial charge in [0.15, 0.2) is 11.5 Å². The van der Waals surface area contributed by atoms with Gasteiger partial charge >= 0.3 is 5.97 Å². The lowest BCUT2D eigenvalue weighted by molar-refractivity contribution is -0.169. The Bertz CT molecular complexity index is 1060. The van der Waals surface area contributed by atoms with Crippen LogP contribution >= 0.6 is 0 Å². The highest BCUT2D eigenvalue weighted by atomic mass is 16.6. The van der Waals surface area contributed by atoms with Crippen molar-refractivity contribution in [2.75, 3.05) is 20.8 Å². The molecule has 0 saturated heterocycles. The first kappa shape index (κ1) is 23.0. The Labute approximate surface area is 194 Å². The van der Waals surface area contributed by atoms with E-state index in [2.05, 4.69) is 5.32 Å². The molecule has 1 atom stereocenters. The summed E-state index contributed by atoms with van der Waals surface area (Å²) in [5.41, 5.74) is 2.67. The highest BCUT2D eigenvalue weighted by molar-refractivity contribution is 5.99. The Morgan fingerprint density at radius 3 is 2.48 bits per heavy atom. The Kier molecular flexibility index (Phi) is 6.49. The molecule has 2 aromatic carbocycles. The molecule has 0 unspecified atom stereocenters. The molecule has 1 N–H and O–H groups in total. The molecule has 0 bridgehead atoms. The number of amides is 1. The van der Waals surface area contributed by atoms with Crippen molar-refractivity contribution in [1.29, 1.82) is 0 Å². The van der Waals surface area contributed by atoms with Crippen molar-refractivity contribution < 1.29 is 28.5 Å². The fraction of sp³-hybridized carbons (Fsp3) is 0.462. The van der Waals surface area contributed by atoms with Gasteiger partial charge in [-0.05, 0) is 61.6 Å². The Morgan fingerprint density at radius 2 is 1.85 bits per heavy atom. The molecule has 33 heavy (non-hydrogen) atoms. The molecule has 176 valence electrons. The zero-order valence-electron chi connectivity index (χ0n) is 19.7. The molecule has 2 aliphatic rings. The number of nitrogens with one attached hydrogen (secondary N) is 1. The average molecular weight is 454 g/mol. The predicted octanol–water partition coefficient (Wildman–Crippen LogP) is 4.51. The van der Waals surface area contributed by atoms with Crippen LogP contribution in [0.25, 0.3) is 11.1 Å². The van der Waals surface area contributed by atoms with Crippen molar-refractivity contribution >= 4 is 11.9 Å². The Balaban J connectivity index is 1.68. The third kappa shape index (κ3) is 4.24. The van der Waals surface area contributed by atoms with E-state index in [4.69, 9.17) is 18.9 Å². The van der Waals surface area contributed by atoms with Crippen LogP contribution in [-0.2, 0) is 16.1 Å². The van der Waals surface area contributed by atoms with Gasteiger partial charge in [-0.15, -0.1) is 0 Å². The lowest BCUT2D eigenvalue weighted by Crippen LogP contribution is -2.45. The van der Waals surface area contributed by atoms with Gasteiger partial charge in [0.1, 0.15) is 12.0 Å². The number of esters is 1. The molecule has 7 heteroatoms. The van der Waals surface area contributed by atoms with Gasteiger partial charge in [-0.1, -0.05) is 19.4 Å². The predicted molar refractivity (Wildman–Crippen MR) is 124 cm³/mol. The summed E-state index contributed by atoms with van der Waals surface area (Å²) in [7, 11) is 3.14. The van der Waals surface area contributed by atoms with Crippen LogP contribution in [-0.4, -0.2) is 38.8 Å². The summed E-state index contributed by atoms with van der Waals surface area (Å²) in [5, 5.41) is 2.85. The summed E-state index contributed by atoms with van der Waals surface area (Å²) in [5.74, 6) is 1.26. The number of rotatable bonds is 9. The fourth-order valence-electron chi connectivity index (χ4n) is 4.28. The molecule has 4 rings (SSSR count). The molecule has 1 heterocycles. The van der Waals surface area contributed by atoms with Gasteiger partial charge < -0.3 is 24.3 Å². The van der Waals surface area contributed by atoms with Crippen molar-refractivity contribution in [3.63, 3.8) is 0 Å². The molecule has 1 saturated carbocycles. The SMILES string of the molecule is CC[C@H](C)OC(=O)C1(COc2c(-c3ccc4c(c3)CNC4=O)ccc(OC)c2OC)CCC1. The molecule has 0 aromatic heterocycles. The third-order valence-electron chi connectivity index (χ3n) is 6.72. The number of hydrogen-bond acceptors (Lipinski definition) is 6. The van der Waals surface area contributed by atoms with Crippen LogP contribution in [0.5, 0.6) is 17.2 Å². The minimum atomic E-state index is -0.650. The molecule has 7 nitrogen and oxygen atoms in total. The highest BCUT2D eigenvalue weighted by Crippen LogP contribution is 2.48. The molecule has 2 aromatic rings. The quantitative estimate of drug-likeness (QED) is 0.563. The van der Waals surface area contributed by atoms with Crippen LogP contribution in [0.1, 0.15) is 55.5 Å². The van der Waals surface area contributed by atoms with Gasteiger partial charge in [-0.3, -0.25) is 9.59 Å². The van der Waals surface area contributed by atoms with E-state index in [9.17, 15) is 9.59 Å². The summed E-state index contributed by atoms with van der Waals surface area (Å²) in [6, 6.07) is 9.44. The van der Waals surface area contributed by atoms with Crippen LogP contribution in [0.15, 0.2) is 30.3 Å². The van der Waals surface area contributed by atoms with Gasteiger partial charge in [0, 0.05) is 17.7 Å². The van der Waals surface area contributed by atoms with Crippen LogP contribution in [0, 0.1) is 5.41 Å². The van der Waals surface area contributed by atoms with Crippen LogP contribution in [0.2, 0.25) is 0 Å². The average Bonchev–Trinajstić information content (AvgIpc) is 3.17. The second-order valence-corrected chi connectivity index (χ2v) is 8.78. The molecule has 0 radical (unpaired) electrons. The first-order valence-electron chi connectivity index (χ1n) is 11.4. The molecular weight excluding hydrogens is 422 g/mol. The minimum Gasteiger partial charge on any atom is -0.493 e. The van der Waals surface area contributed by atoms with Crippen molar-refractivity contribution in [1.82, 2.24) is 5.32 Å². The largest absolute Gasteiger partial charge is 0.493 e. The monoisotopic (exact) mass is 453 g/mol. The lowest BCUT2D eigenvalue weighted by atomic mass is 9.69. The minimum absolute atomic E-state index is 0.0629. The topological polar surface area (TPSA) is 83.1 Å². The highest BCUT2D eigenvalue weighted by Gasteiger charge is 2.47. The second kappa shape index (κ2) is 9.33. The maximum absolute atomic E-state index is 12.9. The number of hydrogen-bond donors (Lipinski definition) is 1. The molecule has 1 aliphatic heterocycles. The molecule has 0 spiro atoms. The fourth-order valence-corrected chi connectivity index (χ4v) is 4.28. The summed E-state index contributed by atoms with van der Waals surface area (Å²) in [6.45, 7) is 4.59. The summed E-state index contributed by atoms with van der Waals surface area (Å²) < 4.78 is 23.2. The number of carbonyl (C=O) groups excluding carboxylic acids is 2. The number of benzene rings is 2. The van der Waals surface area contributed by atoms with Crippen molar-refractivity contribution in [2.45, 2.75) is 52.2 Å². The van der Waals surface area contributed by atoms with Crippen LogP contribution < -0.4 is 19.5 Å². The summed E-state index contributed by atoms with van der Waals surface area (Å²) >= 11 is 0. The van der Waals surface area contributed by atoms with Crippen molar-refractivity contribution in [3.05, 3.63) is 41.5 Å². The first-order chi connectivity index (χ1) is 15.9. The van der Waals surface area contributed by atoms with E-state index in [0.29, 0.717) is 29.4 Å². The second-order valence-electron chi connectivity index (χ2n) is 8.78. The summed E-state index contributed by atoms with van der Waals surface area (Å²) in [4.78, 5) is 24.9. The number of ether oxygens (including phenoxy) is 4. The van der Waals surface area contributed by atoms with E-state index in [1.54, 1.807) is 14.2 Å². The van der Waals surface area contributed by atoms with Gasteiger partial charge in [0.05, 0.1) is 20.3 Å². The van der Waals surface area contributed by atoms with Gasteiger partial charge in [0.25, 0.3) is 5.91 Å². The van der Waals surface area contributed by atoms with E-state index in [1.165, 1.54) is 0 Å². The van der Waals surface area contributed by atoms with Gasteiger partial charge in [0.2, 0.25) is 5.75 Å². The Morgan fingerprint density at radius 1 is 1.09 bits per heavy atom. The zero-order chi connectivity index (χ0) is 23.6. The molecular formula is C26H31NO6.